The molecule has 72 valence electrons. The van der Waals surface area contributed by atoms with E-state index in [1.807, 2.05) is 20.8 Å². The minimum absolute atomic E-state index is 0.341. The minimum Gasteiger partial charge on any atom is -0.490 e. The topological polar surface area (TPSA) is 35.5 Å². The van der Waals surface area contributed by atoms with Gasteiger partial charge in [0.15, 0.2) is 11.5 Å². The van der Waals surface area contributed by atoms with Gasteiger partial charge in [0, 0.05) is 0 Å². The maximum Gasteiger partial charge on any atom is 0.340 e. The molecule has 1 aliphatic heterocycles. The van der Waals surface area contributed by atoms with E-state index in [1.165, 1.54) is 6.08 Å². The van der Waals surface area contributed by atoms with Gasteiger partial charge in [-0.05, 0) is 25.8 Å². The number of hydrogen-bond acceptors (Lipinski definition) is 3. The Morgan fingerprint density at radius 3 is 2.77 bits per heavy atom. The van der Waals surface area contributed by atoms with Crippen molar-refractivity contribution in [2.45, 2.75) is 27.2 Å². The van der Waals surface area contributed by atoms with E-state index in [0.29, 0.717) is 18.1 Å². The second-order valence-corrected chi connectivity index (χ2v) is 2.83. The fourth-order valence-electron chi connectivity index (χ4n) is 1.07. The van der Waals surface area contributed by atoms with Gasteiger partial charge in [-0.3, -0.25) is 0 Å². The van der Waals surface area contributed by atoms with Gasteiger partial charge in [-0.2, -0.15) is 0 Å². The first-order valence-corrected chi connectivity index (χ1v) is 4.45. The molecule has 0 N–H and O–H groups in total. The third kappa shape index (κ3) is 2.11. The summed E-state index contributed by atoms with van der Waals surface area (Å²) in [5.74, 6) is 0.812. The van der Waals surface area contributed by atoms with Crippen molar-refractivity contribution >= 4 is 5.97 Å². The highest BCUT2D eigenvalue weighted by Gasteiger charge is 2.22. The number of allylic oxidation sites excluding steroid dienone is 1. The van der Waals surface area contributed by atoms with Crippen molar-refractivity contribution < 1.29 is 14.3 Å². The van der Waals surface area contributed by atoms with Gasteiger partial charge in [0.25, 0.3) is 0 Å². The predicted molar refractivity (Wildman–Crippen MR) is 48.8 cm³/mol. The fourth-order valence-corrected chi connectivity index (χ4v) is 1.07. The Balaban J connectivity index is 2.89. The summed E-state index contributed by atoms with van der Waals surface area (Å²) in [6.45, 7) is 6.37. The van der Waals surface area contributed by atoms with Crippen LogP contribution >= 0.6 is 0 Å². The van der Waals surface area contributed by atoms with Crippen LogP contribution in [0.3, 0.4) is 0 Å². The SMILES string of the molecule is CCOC1=CC(=O)O/C1=C(/C)CC. The van der Waals surface area contributed by atoms with Crippen LogP contribution in [0.15, 0.2) is 23.2 Å². The lowest BCUT2D eigenvalue weighted by atomic mass is 10.2. The molecule has 0 bridgehead atoms. The average Bonchev–Trinajstić information content (AvgIpc) is 2.46. The van der Waals surface area contributed by atoms with Crippen molar-refractivity contribution in [3.8, 4) is 0 Å². The van der Waals surface area contributed by atoms with E-state index in [2.05, 4.69) is 0 Å². The molecule has 13 heavy (non-hydrogen) atoms. The second kappa shape index (κ2) is 4.12. The van der Waals surface area contributed by atoms with E-state index in [4.69, 9.17) is 9.47 Å². The molecular weight excluding hydrogens is 168 g/mol. The Labute approximate surface area is 78.0 Å². The molecule has 0 fully saturated rings. The van der Waals surface area contributed by atoms with Crippen molar-refractivity contribution in [1.82, 2.24) is 0 Å². The van der Waals surface area contributed by atoms with Crippen molar-refractivity contribution in [2.24, 2.45) is 0 Å². The van der Waals surface area contributed by atoms with E-state index in [9.17, 15) is 4.79 Å². The van der Waals surface area contributed by atoms with Gasteiger partial charge in [0.1, 0.15) is 0 Å². The smallest absolute Gasteiger partial charge is 0.340 e. The zero-order valence-corrected chi connectivity index (χ0v) is 8.22. The van der Waals surface area contributed by atoms with Crippen molar-refractivity contribution in [1.29, 1.82) is 0 Å². The number of carbonyl (C=O) groups excluding carboxylic acids is 1. The van der Waals surface area contributed by atoms with Gasteiger partial charge in [-0.15, -0.1) is 0 Å². The first-order chi connectivity index (χ1) is 6.19. The third-order valence-electron chi connectivity index (χ3n) is 1.89. The standard InChI is InChI=1S/C10H14O3/c1-4-7(3)10-8(12-5-2)6-9(11)13-10/h6H,4-5H2,1-3H3/b10-7-. The average molecular weight is 182 g/mol. The van der Waals surface area contributed by atoms with E-state index in [0.717, 1.165) is 12.0 Å². The zero-order chi connectivity index (χ0) is 9.84. The van der Waals surface area contributed by atoms with Gasteiger partial charge < -0.3 is 9.47 Å². The molecule has 0 amide bonds. The zero-order valence-electron chi connectivity index (χ0n) is 8.22. The van der Waals surface area contributed by atoms with Gasteiger partial charge >= 0.3 is 5.97 Å². The molecule has 0 aromatic carbocycles. The highest BCUT2D eigenvalue weighted by molar-refractivity contribution is 5.87. The van der Waals surface area contributed by atoms with Gasteiger partial charge in [-0.1, -0.05) is 6.92 Å². The predicted octanol–water partition coefficient (Wildman–Crippen LogP) is 2.15. The molecule has 1 rings (SSSR count). The van der Waals surface area contributed by atoms with Crippen LogP contribution in [0.1, 0.15) is 27.2 Å². The van der Waals surface area contributed by atoms with Crippen LogP contribution in [0, 0.1) is 0 Å². The maximum atomic E-state index is 10.9. The Morgan fingerprint density at radius 1 is 1.54 bits per heavy atom. The van der Waals surface area contributed by atoms with E-state index in [1.54, 1.807) is 0 Å². The van der Waals surface area contributed by atoms with Crippen LogP contribution in [0.5, 0.6) is 0 Å². The Kier molecular flexibility index (Phi) is 3.12. The molecule has 1 aliphatic rings. The van der Waals surface area contributed by atoms with Crippen molar-refractivity contribution in [3.63, 3.8) is 0 Å². The maximum absolute atomic E-state index is 10.9. The largest absolute Gasteiger partial charge is 0.490 e. The summed E-state index contributed by atoms with van der Waals surface area (Å²) >= 11 is 0. The Morgan fingerprint density at radius 2 is 2.23 bits per heavy atom. The number of esters is 1. The first kappa shape index (κ1) is 9.84. The van der Waals surface area contributed by atoms with Gasteiger partial charge in [0.2, 0.25) is 0 Å². The Bertz CT molecular complexity index is 274. The molecule has 0 unspecified atom stereocenters. The second-order valence-electron chi connectivity index (χ2n) is 2.83. The van der Waals surface area contributed by atoms with Crippen molar-refractivity contribution in [2.75, 3.05) is 6.61 Å². The van der Waals surface area contributed by atoms with Gasteiger partial charge in [0.05, 0.1) is 12.7 Å². The lowest BCUT2D eigenvalue weighted by molar-refractivity contribution is -0.132. The van der Waals surface area contributed by atoms with Crippen LogP contribution in [0.2, 0.25) is 0 Å². The van der Waals surface area contributed by atoms with E-state index >= 15 is 0 Å². The molecular formula is C10H14O3. The molecule has 0 saturated heterocycles. The lowest BCUT2D eigenvalue weighted by Gasteiger charge is -2.07. The quantitative estimate of drug-likeness (QED) is 0.627. The number of cyclic esters (lactones) is 1. The summed E-state index contributed by atoms with van der Waals surface area (Å²) in [5.41, 5.74) is 1.03. The van der Waals surface area contributed by atoms with Gasteiger partial charge in [-0.25, -0.2) is 4.79 Å². The lowest BCUT2D eigenvalue weighted by Crippen LogP contribution is -1.97. The van der Waals surface area contributed by atoms with Crippen LogP contribution in [0.25, 0.3) is 0 Å². The Hall–Kier alpha value is -1.25. The molecule has 0 aromatic rings. The summed E-state index contributed by atoms with van der Waals surface area (Å²) in [5, 5.41) is 0. The number of hydrogen-bond donors (Lipinski definition) is 0. The molecule has 3 heteroatoms. The summed E-state index contributed by atoms with van der Waals surface area (Å²) in [6, 6.07) is 0. The molecule has 0 saturated carbocycles. The fraction of sp³-hybridized carbons (Fsp3) is 0.500. The van der Waals surface area contributed by atoms with Crippen LogP contribution in [-0.2, 0) is 14.3 Å². The monoisotopic (exact) mass is 182 g/mol. The van der Waals surface area contributed by atoms with Crippen LogP contribution in [0.4, 0.5) is 0 Å². The third-order valence-corrected chi connectivity index (χ3v) is 1.89. The van der Waals surface area contributed by atoms with E-state index in [-0.39, 0.29) is 5.97 Å². The molecule has 0 aromatic heterocycles. The van der Waals surface area contributed by atoms with E-state index < -0.39 is 0 Å². The molecule has 3 nitrogen and oxygen atoms in total. The first-order valence-electron chi connectivity index (χ1n) is 4.45. The molecule has 0 radical (unpaired) electrons. The molecule has 0 atom stereocenters. The highest BCUT2D eigenvalue weighted by Crippen LogP contribution is 2.25. The van der Waals surface area contributed by atoms with Crippen LogP contribution in [-0.4, -0.2) is 12.6 Å². The molecule has 0 spiro atoms. The highest BCUT2D eigenvalue weighted by atomic mass is 16.6. The number of ether oxygens (including phenoxy) is 2. The summed E-state index contributed by atoms with van der Waals surface area (Å²) in [7, 11) is 0. The van der Waals surface area contributed by atoms with Crippen LogP contribution < -0.4 is 0 Å². The normalized spacial score (nSPS) is 19.6. The minimum atomic E-state index is -0.341. The number of rotatable bonds is 3. The summed E-state index contributed by atoms with van der Waals surface area (Å²) < 4.78 is 10.3. The molecule has 1 heterocycles. The summed E-state index contributed by atoms with van der Waals surface area (Å²) in [6.07, 6.45) is 2.24. The van der Waals surface area contributed by atoms with Crippen molar-refractivity contribution in [3.05, 3.63) is 23.2 Å². The number of carbonyl (C=O) groups is 1. The summed E-state index contributed by atoms with van der Waals surface area (Å²) in [4.78, 5) is 10.9. The molecule has 0 aliphatic carbocycles.